The number of carbonyl (C=O) groups is 2. The van der Waals surface area contributed by atoms with Gasteiger partial charge >= 0.3 is 5.97 Å². The summed E-state index contributed by atoms with van der Waals surface area (Å²) in [6.45, 7) is 2.00. The van der Waals surface area contributed by atoms with E-state index in [4.69, 9.17) is 4.74 Å². The molecule has 0 saturated heterocycles. The highest BCUT2D eigenvalue weighted by Crippen LogP contribution is 2.23. The molecule has 1 aromatic carbocycles. The Morgan fingerprint density at radius 3 is 2.88 bits per heavy atom. The standard InChI is InChI=1S/C21H28N2O3/c1-15-7-2-4-10-18(15)23-20(24)14-26-21(25)12-6-8-16-13-22-19-11-5-3-9-17(16)19/h3,5,9,11,13,15,18,22H,2,4,6-8,10,12,14H2,1H3,(H,23,24)/t15-,18+/m0/s1. The van der Waals surface area contributed by atoms with Crippen molar-refractivity contribution in [3.05, 3.63) is 36.0 Å². The van der Waals surface area contributed by atoms with Gasteiger partial charge < -0.3 is 15.0 Å². The number of hydrogen-bond donors (Lipinski definition) is 2. The molecule has 0 bridgehead atoms. The van der Waals surface area contributed by atoms with E-state index in [9.17, 15) is 9.59 Å². The lowest BCUT2D eigenvalue weighted by molar-refractivity contribution is -0.149. The van der Waals surface area contributed by atoms with Crippen LogP contribution in [0.4, 0.5) is 0 Å². The van der Waals surface area contributed by atoms with Gasteiger partial charge in [-0.25, -0.2) is 0 Å². The molecule has 1 saturated carbocycles. The summed E-state index contributed by atoms with van der Waals surface area (Å²) in [7, 11) is 0. The van der Waals surface area contributed by atoms with Crippen molar-refractivity contribution in [3.8, 4) is 0 Å². The van der Waals surface area contributed by atoms with Crippen molar-refractivity contribution < 1.29 is 14.3 Å². The lowest BCUT2D eigenvalue weighted by Gasteiger charge is -2.29. The van der Waals surface area contributed by atoms with Crippen molar-refractivity contribution in [2.75, 3.05) is 6.61 Å². The fourth-order valence-electron chi connectivity index (χ4n) is 3.76. The van der Waals surface area contributed by atoms with Crippen molar-refractivity contribution in [2.24, 2.45) is 5.92 Å². The van der Waals surface area contributed by atoms with Gasteiger partial charge in [-0.2, -0.15) is 0 Å². The molecule has 1 amide bonds. The van der Waals surface area contributed by atoms with Gasteiger partial charge in [-0.1, -0.05) is 38.0 Å². The number of nitrogens with one attached hydrogen (secondary N) is 2. The van der Waals surface area contributed by atoms with Crippen molar-refractivity contribution in [3.63, 3.8) is 0 Å². The third-order valence-corrected chi connectivity index (χ3v) is 5.32. The number of carbonyl (C=O) groups excluding carboxylic acids is 2. The van der Waals surface area contributed by atoms with Gasteiger partial charge in [0.1, 0.15) is 0 Å². The van der Waals surface area contributed by atoms with Crippen molar-refractivity contribution >= 4 is 22.8 Å². The number of fused-ring (bicyclic) bond motifs is 1. The number of amides is 1. The van der Waals surface area contributed by atoms with E-state index in [1.54, 1.807) is 0 Å². The zero-order valence-corrected chi connectivity index (χ0v) is 15.4. The predicted octanol–water partition coefficient (Wildman–Crippen LogP) is 3.73. The lowest BCUT2D eigenvalue weighted by atomic mass is 9.86. The third kappa shape index (κ3) is 4.87. The van der Waals surface area contributed by atoms with E-state index < -0.39 is 0 Å². The van der Waals surface area contributed by atoms with E-state index in [1.165, 1.54) is 17.4 Å². The minimum Gasteiger partial charge on any atom is -0.456 e. The maximum atomic E-state index is 12.0. The molecule has 3 rings (SSSR count). The zero-order valence-electron chi connectivity index (χ0n) is 15.4. The topological polar surface area (TPSA) is 71.2 Å². The van der Waals surface area contributed by atoms with Gasteiger partial charge in [0.2, 0.25) is 0 Å². The van der Waals surface area contributed by atoms with Gasteiger partial charge in [0, 0.05) is 29.6 Å². The first kappa shape index (κ1) is 18.5. The quantitative estimate of drug-likeness (QED) is 0.743. The molecule has 26 heavy (non-hydrogen) atoms. The second-order valence-corrected chi connectivity index (χ2v) is 7.31. The van der Waals surface area contributed by atoms with Gasteiger partial charge in [-0.15, -0.1) is 0 Å². The summed E-state index contributed by atoms with van der Waals surface area (Å²) in [6, 6.07) is 8.35. The SMILES string of the molecule is C[C@H]1CCCC[C@H]1NC(=O)COC(=O)CCCc1c[nH]c2ccccc12. The molecular weight excluding hydrogens is 328 g/mol. The number of para-hydroxylation sites is 1. The Labute approximate surface area is 154 Å². The second-order valence-electron chi connectivity index (χ2n) is 7.31. The summed E-state index contributed by atoms with van der Waals surface area (Å²) in [5.41, 5.74) is 2.32. The fourth-order valence-corrected chi connectivity index (χ4v) is 3.76. The molecule has 1 aliphatic rings. The first-order valence-electron chi connectivity index (χ1n) is 9.63. The molecule has 1 heterocycles. The molecule has 0 unspecified atom stereocenters. The monoisotopic (exact) mass is 356 g/mol. The van der Waals surface area contributed by atoms with Crippen LogP contribution < -0.4 is 5.32 Å². The van der Waals surface area contributed by atoms with Crippen LogP contribution in [0, 0.1) is 5.92 Å². The van der Waals surface area contributed by atoms with Crippen LogP contribution in [-0.4, -0.2) is 29.5 Å². The highest BCUT2D eigenvalue weighted by Gasteiger charge is 2.23. The van der Waals surface area contributed by atoms with Gasteiger partial charge in [-0.3, -0.25) is 9.59 Å². The number of benzene rings is 1. The normalized spacial score (nSPS) is 20.0. The van der Waals surface area contributed by atoms with Crippen molar-refractivity contribution in [1.82, 2.24) is 10.3 Å². The zero-order chi connectivity index (χ0) is 18.4. The van der Waals surface area contributed by atoms with Gasteiger partial charge in [-0.05, 0) is 43.2 Å². The van der Waals surface area contributed by atoms with Crippen LogP contribution in [0.5, 0.6) is 0 Å². The maximum absolute atomic E-state index is 12.0. The fraction of sp³-hybridized carbons (Fsp3) is 0.524. The molecule has 5 heteroatoms. The van der Waals surface area contributed by atoms with Crippen molar-refractivity contribution in [2.45, 2.75) is 57.9 Å². The molecule has 0 radical (unpaired) electrons. The molecule has 2 atom stereocenters. The van der Waals surface area contributed by atoms with Gasteiger partial charge in [0.25, 0.3) is 5.91 Å². The number of ether oxygens (including phenoxy) is 1. The minimum atomic E-state index is -0.309. The van der Waals surface area contributed by atoms with E-state index >= 15 is 0 Å². The van der Waals surface area contributed by atoms with Crippen LogP contribution in [0.2, 0.25) is 0 Å². The average molecular weight is 356 g/mol. The molecule has 0 spiro atoms. The van der Waals surface area contributed by atoms with Crippen LogP contribution in [0.1, 0.15) is 51.0 Å². The number of hydrogen-bond acceptors (Lipinski definition) is 3. The van der Waals surface area contributed by atoms with E-state index in [0.717, 1.165) is 31.2 Å². The van der Waals surface area contributed by atoms with E-state index in [-0.39, 0.29) is 24.5 Å². The summed E-state index contributed by atoms with van der Waals surface area (Å²) >= 11 is 0. The lowest BCUT2D eigenvalue weighted by Crippen LogP contribution is -2.42. The number of rotatable bonds is 7. The van der Waals surface area contributed by atoms with Crippen LogP contribution >= 0.6 is 0 Å². The smallest absolute Gasteiger partial charge is 0.306 e. The Balaban J connectivity index is 1.35. The Bertz CT molecular complexity index is 753. The summed E-state index contributed by atoms with van der Waals surface area (Å²) in [4.78, 5) is 27.1. The number of aromatic nitrogens is 1. The Kier molecular flexibility index (Phi) is 6.31. The van der Waals surface area contributed by atoms with E-state index in [0.29, 0.717) is 18.8 Å². The largest absolute Gasteiger partial charge is 0.456 e. The number of H-pyrrole nitrogens is 1. The first-order chi connectivity index (χ1) is 12.6. The third-order valence-electron chi connectivity index (χ3n) is 5.32. The highest BCUT2D eigenvalue weighted by atomic mass is 16.5. The van der Waals surface area contributed by atoms with Crippen LogP contribution in [0.3, 0.4) is 0 Å². The van der Waals surface area contributed by atoms with Crippen LogP contribution in [0.25, 0.3) is 10.9 Å². The summed E-state index contributed by atoms with van der Waals surface area (Å²) in [5, 5.41) is 4.20. The van der Waals surface area contributed by atoms with E-state index in [2.05, 4.69) is 23.3 Å². The number of aromatic amines is 1. The molecular formula is C21H28N2O3. The average Bonchev–Trinajstić information content (AvgIpc) is 3.05. The summed E-state index contributed by atoms with van der Waals surface area (Å²) < 4.78 is 5.13. The molecule has 5 nitrogen and oxygen atoms in total. The molecule has 2 aromatic rings. The van der Waals surface area contributed by atoms with Crippen molar-refractivity contribution in [1.29, 1.82) is 0 Å². The van der Waals surface area contributed by atoms with E-state index in [1.807, 2.05) is 24.4 Å². The Hall–Kier alpha value is -2.30. The molecule has 140 valence electrons. The van der Waals surface area contributed by atoms with Crippen LogP contribution in [0.15, 0.2) is 30.5 Å². The van der Waals surface area contributed by atoms with Gasteiger partial charge in [0.15, 0.2) is 6.61 Å². The molecule has 1 aliphatic carbocycles. The Morgan fingerprint density at radius 2 is 2.04 bits per heavy atom. The maximum Gasteiger partial charge on any atom is 0.306 e. The molecule has 1 aromatic heterocycles. The van der Waals surface area contributed by atoms with Crippen LogP contribution in [-0.2, 0) is 20.7 Å². The predicted molar refractivity (Wildman–Crippen MR) is 102 cm³/mol. The highest BCUT2D eigenvalue weighted by molar-refractivity contribution is 5.83. The molecule has 0 aliphatic heterocycles. The minimum absolute atomic E-state index is 0.171. The first-order valence-corrected chi connectivity index (χ1v) is 9.63. The van der Waals surface area contributed by atoms with Gasteiger partial charge in [0.05, 0.1) is 0 Å². The molecule has 1 fully saturated rings. The Morgan fingerprint density at radius 1 is 1.23 bits per heavy atom. The summed E-state index contributed by atoms with van der Waals surface area (Å²) in [5.74, 6) is 0.00462. The second kappa shape index (κ2) is 8.88. The number of esters is 1. The summed E-state index contributed by atoms with van der Waals surface area (Å²) in [6.07, 6.45) is 8.40. The number of aryl methyl sites for hydroxylation is 1. The molecule has 2 N–H and O–H groups in total.